The average molecular weight is 206 g/mol. The largest absolute Gasteiger partial charge is 0.316 e. The first-order chi connectivity index (χ1) is 7.36. The number of halogens is 1. The van der Waals surface area contributed by atoms with E-state index in [-0.39, 0.29) is 5.82 Å². The van der Waals surface area contributed by atoms with Crippen molar-refractivity contribution < 1.29 is 4.39 Å². The number of pyridine rings is 1. The van der Waals surface area contributed by atoms with Crippen LogP contribution >= 0.6 is 0 Å². The minimum atomic E-state index is -0.317. The number of hydrogen-bond donors (Lipinski definition) is 1. The van der Waals surface area contributed by atoms with E-state index in [0.717, 1.165) is 25.3 Å². The molecule has 2 aromatic rings. The second-order valence-corrected chi connectivity index (χ2v) is 3.80. The van der Waals surface area contributed by atoms with Gasteiger partial charge in [-0.25, -0.2) is 4.39 Å². The van der Waals surface area contributed by atoms with Gasteiger partial charge in [0.1, 0.15) is 5.82 Å². The summed E-state index contributed by atoms with van der Waals surface area (Å²) in [4.78, 5) is 0. The van der Waals surface area contributed by atoms with Crippen LogP contribution < -0.4 is 5.32 Å². The smallest absolute Gasteiger partial charge is 0.196 e. The van der Waals surface area contributed by atoms with Crippen LogP contribution in [0, 0.1) is 5.82 Å². The van der Waals surface area contributed by atoms with Crippen LogP contribution in [0.5, 0.6) is 0 Å². The van der Waals surface area contributed by atoms with Crippen molar-refractivity contribution in [3.63, 3.8) is 0 Å². The number of rotatable bonds is 1. The van der Waals surface area contributed by atoms with Gasteiger partial charge in [0.05, 0.1) is 0 Å². The molecule has 3 rings (SSSR count). The first kappa shape index (κ1) is 8.79. The van der Waals surface area contributed by atoms with Crippen LogP contribution in [0.25, 0.3) is 5.65 Å². The lowest BCUT2D eigenvalue weighted by atomic mass is 10.1. The van der Waals surface area contributed by atoms with Crippen LogP contribution in [0.1, 0.15) is 18.2 Å². The SMILES string of the molecule is Fc1cccn2c(C3CCNC3)nnc12. The highest BCUT2D eigenvalue weighted by atomic mass is 19.1. The third kappa shape index (κ3) is 1.31. The summed E-state index contributed by atoms with van der Waals surface area (Å²) in [5.74, 6) is 0.888. The van der Waals surface area contributed by atoms with Crippen LogP contribution in [-0.4, -0.2) is 27.7 Å². The lowest BCUT2D eigenvalue weighted by Crippen LogP contribution is -2.10. The molecule has 1 fully saturated rings. The molecule has 0 radical (unpaired) electrons. The monoisotopic (exact) mass is 206 g/mol. The summed E-state index contributed by atoms with van der Waals surface area (Å²) in [6, 6.07) is 3.08. The second kappa shape index (κ2) is 3.27. The molecule has 0 amide bonds. The molecule has 2 aromatic heterocycles. The first-order valence-electron chi connectivity index (χ1n) is 5.06. The molecule has 5 heteroatoms. The van der Waals surface area contributed by atoms with E-state index in [9.17, 15) is 4.39 Å². The van der Waals surface area contributed by atoms with Gasteiger partial charge in [-0.15, -0.1) is 10.2 Å². The molecule has 3 heterocycles. The number of nitrogens with zero attached hydrogens (tertiary/aromatic N) is 3. The van der Waals surface area contributed by atoms with Crippen molar-refractivity contribution in [3.05, 3.63) is 30.0 Å². The Balaban J connectivity index is 2.15. The highest BCUT2D eigenvalue weighted by Crippen LogP contribution is 2.21. The number of aromatic nitrogens is 3. The molecule has 1 saturated heterocycles. The fourth-order valence-electron chi connectivity index (χ4n) is 2.05. The molecule has 0 aromatic carbocycles. The summed E-state index contributed by atoms with van der Waals surface area (Å²) in [7, 11) is 0. The Kier molecular flexibility index (Phi) is 1.92. The Bertz CT molecular complexity index is 487. The maximum absolute atomic E-state index is 13.3. The number of hydrogen-bond acceptors (Lipinski definition) is 3. The van der Waals surface area contributed by atoms with Crippen molar-refractivity contribution in [3.8, 4) is 0 Å². The van der Waals surface area contributed by atoms with Crippen LogP contribution in [0.4, 0.5) is 4.39 Å². The van der Waals surface area contributed by atoms with Gasteiger partial charge in [-0.1, -0.05) is 0 Å². The Labute approximate surface area is 86.1 Å². The zero-order valence-corrected chi connectivity index (χ0v) is 8.15. The third-order valence-corrected chi connectivity index (χ3v) is 2.84. The summed E-state index contributed by atoms with van der Waals surface area (Å²) in [6.07, 6.45) is 2.85. The van der Waals surface area contributed by atoms with Crippen molar-refractivity contribution in [2.75, 3.05) is 13.1 Å². The van der Waals surface area contributed by atoms with E-state index in [0.29, 0.717) is 11.6 Å². The number of nitrogens with one attached hydrogen (secondary N) is 1. The van der Waals surface area contributed by atoms with Gasteiger partial charge in [0, 0.05) is 18.7 Å². The zero-order chi connectivity index (χ0) is 10.3. The molecule has 0 saturated carbocycles. The molecule has 1 aliphatic rings. The highest BCUT2D eigenvalue weighted by Gasteiger charge is 2.22. The van der Waals surface area contributed by atoms with E-state index in [2.05, 4.69) is 15.5 Å². The Hall–Kier alpha value is -1.49. The summed E-state index contributed by atoms with van der Waals surface area (Å²) >= 11 is 0. The molecule has 1 N–H and O–H groups in total. The van der Waals surface area contributed by atoms with Crippen LogP contribution in [0.2, 0.25) is 0 Å². The Morgan fingerprint density at radius 2 is 2.40 bits per heavy atom. The molecular weight excluding hydrogens is 195 g/mol. The maximum Gasteiger partial charge on any atom is 0.196 e. The molecule has 15 heavy (non-hydrogen) atoms. The molecule has 4 nitrogen and oxygen atoms in total. The van der Waals surface area contributed by atoms with Gasteiger partial charge >= 0.3 is 0 Å². The van der Waals surface area contributed by atoms with Crippen molar-refractivity contribution in [2.45, 2.75) is 12.3 Å². The van der Waals surface area contributed by atoms with Crippen LogP contribution in [-0.2, 0) is 0 Å². The van der Waals surface area contributed by atoms with E-state index in [1.165, 1.54) is 6.07 Å². The summed E-state index contributed by atoms with van der Waals surface area (Å²) < 4.78 is 15.1. The first-order valence-corrected chi connectivity index (χ1v) is 5.06. The molecular formula is C10H11FN4. The van der Waals surface area contributed by atoms with Crippen LogP contribution in [0.15, 0.2) is 18.3 Å². The molecule has 0 aliphatic carbocycles. The van der Waals surface area contributed by atoms with E-state index in [1.54, 1.807) is 10.5 Å². The second-order valence-electron chi connectivity index (χ2n) is 3.80. The minimum Gasteiger partial charge on any atom is -0.316 e. The van der Waals surface area contributed by atoms with E-state index >= 15 is 0 Å². The third-order valence-electron chi connectivity index (χ3n) is 2.84. The van der Waals surface area contributed by atoms with Gasteiger partial charge in [0.25, 0.3) is 0 Å². The van der Waals surface area contributed by atoms with Gasteiger partial charge in [-0.3, -0.25) is 4.40 Å². The normalized spacial score (nSPS) is 21.3. The summed E-state index contributed by atoms with van der Waals surface area (Å²) in [5.41, 5.74) is 0.319. The fourth-order valence-corrected chi connectivity index (χ4v) is 2.05. The lowest BCUT2D eigenvalue weighted by Gasteiger charge is -2.05. The maximum atomic E-state index is 13.3. The molecule has 0 spiro atoms. The van der Waals surface area contributed by atoms with Gasteiger partial charge in [-0.05, 0) is 25.1 Å². The predicted molar refractivity (Wildman–Crippen MR) is 53.2 cm³/mol. The average Bonchev–Trinajstić information content (AvgIpc) is 2.85. The van der Waals surface area contributed by atoms with Crippen molar-refractivity contribution in [1.29, 1.82) is 0 Å². The summed E-state index contributed by atoms with van der Waals surface area (Å²) in [6.45, 7) is 1.90. The van der Waals surface area contributed by atoms with Gasteiger partial charge in [-0.2, -0.15) is 0 Å². The summed E-state index contributed by atoms with van der Waals surface area (Å²) in [5, 5.41) is 11.2. The molecule has 78 valence electrons. The van der Waals surface area contributed by atoms with E-state index in [1.807, 2.05) is 6.20 Å². The van der Waals surface area contributed by atoms with Crippen molar-refractivity contribution >= 4 is 5.65 Å². The minimum absolute atomic E-state index is 0.317. The van der Waals surface area contributed by atoms with Gasteiger partial charge in [0.15, 0.2) is 11.5 Å². The van der Waals surface area contributed by atoms with E-state index in [4.69, 9.17) is 0 Å². The zero-order valence-electron chi connectivity index (χ0n) is 8.15. The Morgan fingerprint density at radius 1 is 1.47 bits per heavy atom. The number of fused-ring (bicyclic) bond motifs is 1. The van der Waals surface area contributed by atoms with E-state index < -0.39 is 0 Å². The molecule has 1 atom stereocenters. The highest BCUT2D eigenvalue weighted by molar-refractivity contribution is 5.39. The van der Waals surface area contributed by atoms with Crippen molar-refractivity contribution in [1.82, 2.24) is 19.9 Å². The molecule has 1 aliphatic heterocycles. The Morgan fingerprint density at radius 3 is 3.20 bits per heavy atom. The van der Waals surface area contributed by atoms with Gasteiger partial charge < -0.3 is 5.32 Å². The topological polar surface area (TPSA) is 42.2 Å². The van der Waals surface area contributed by atoms with Crippen molar-refractivity contribution in [2.24, 2.45) is 0 Å². The molecule has 1 unspecified atom stereocenters. The quantitative estimate of drug-likeness (QED) is 0.755. The fraction of sp³-hybridized carbons (Fsp3) is 0.400. The lowest BCUT2D eigenvalue weighted by molar-refractivity contribution is 0.627. The van der Waals surface area contributed by atoms with Crippen LogP contribution in [0.3, 0.4) is 0 Å². The predicted octanol–water partition coefficient (Wildman–Crippen LogP) is 0.945. The standard InChI is InChI=1S/C10H11FN4/c11-8-2-1-5-15-9(13-14-10(8)15)7-3-4-12-6-7/h1-2,5,7,12H,3-4,6H2. The molecule has 0 bridgehead atoms. The van der Waals surface area contributed by atoms with Gasteiger partial charge in [0.2, 0.25) is 0 Å².